The van der Waals surface area contributed by atoms with Gasteiger partial charge in [-0.15, -0.1) is 0 Å². The maximum absolute atomic E-state index is 10.1. The van der Waals surface area contributed by atoms with Crippen LogP contribution in [0.5, 0.6) is 0 Å². The highest BCUT2D eigenvalue weighted by molar-refractivity contribution is 7.80. The summed E-state index contributed by atoms with van der Waals surface area (Å²) in [4.78, 5) is 12.2. The first kappa shape index (κ1) is 19.0. The first-order chi connectivity index (χ1) is 10.9. The Morgan fingerprint density at radius 1 is 1.22 bits per heavy atom. The standard InChI is InChI=1S/C12H13N.C3H5NO4S2/c1-13(2)12-9-5-7-10-6-3-4-8-11(10)12;5-3(6)2(1-9)4-10(7)8/h3-9H,1-2H3;2,9H,1H2,(H,5,6). The lowest BCUT2D eigenvalue weighted by atomic mass is 10.1. The van der Waals surface area contributed by atoms with Crippen LogP contribution in [-0.2, 0) is 15.3 Å². The third-order valence-electron chi connectivity index (χ3n) is 2.92. The molecule has 0 aliphatic heterocycles. The number of rotatable bonds is 4. The predicted molar refractivity (Wildman–Crippen MR) is 94.9 cm³/mol. The van der Waals surface area contributed by atoms with E-state index >= 15 is 0 Å². The zero-order chi connectivity index (χ0) is 17.4. The number of benzene rings is 2. The first-order valence-electron chi connectivity index (χ1n) is 6.65. The number of hydrogen-bond donors (Lipinski definition) is 2. The Balaban J connectivity index is 0.000000241. The first-order valence-corrected chi connectivity index (χ1v) is 8.32. The number of carboxylic acid groups (broad SMARTS) is 1. The van der Waals surface area contributed by atoms with Gasteiger partial charge in [-0.3, -0.25) is 0 Å². The summed E-state index contributed by atoms with van der Waals surface area (Å²) in [5.74, 6) is -1.41. The Hall–Kier alpha value is -2.06. The van der Waals surface area contributed by atoms with Gasteiger partial charge >= 0.3 is 16.5 Å². The highest BCUT2D eigenvalue weighted by Gasteiger charge is 2.13. The van der Waals surface area contributed by atoms with Gasteiger partial charge < -0.3 is 10.0 Å². The van der Waals surface area contributed by atoms with Crippen molar-refractivity contribution in [1.82, 2.24) is 0 Å². The Labute approximate surface area is 141 Å². The number of aliphatic carboxylic acids is 1. The average Bonchev–Trinajstić information content (AvgIpc) is 2.52. The largest absolute Gasteiger partial charge is 0.480 e. The second-order valence-corrected chi connectivity index (χ2v) is 5.76. The van der Waals surface area contributed by atoms with Crippen LogP contribution in [0.1, 0.15) is 0 Å². The second-order valence-electron chi connectivity index (χ2n) is 4.75. The molecule has 8 heteroatoms. The van der Waals surface area contributed by atoms with Crippen LogP contribution in [0.25, 0.3) is 10.8 Å². The fourth-order valence-corrected chi connectivity index (χ4v) is 2.58. The van der Waals surface area contributed by atoms with Gasteiger partial charge in [-0.2, -0.15) is 25.4 Å². The van der Waals surface area contributed by atoms with Crippen molar-refractivity contribution >= 4 is 45.6 Å². The summed E-state index contributed by atoms with van der Waals surface area (Å²) in [7, 11) is 1.47. The minimum absolute atomic E-state index is 0.122. The fourth-order valence-electron chi connectivity index (χ4n) is 1.86. The highest BCUT2D eigenvalue weighted by atomic mass is 32.2. The molecule has 1 N–H and O–H groups in total. The number of thiol groups is 1. The molecule has 0 heterocycles. The third-order valence-corrected chi connectivity index (χ3v) is 3.69. The van der Waals surface area contributed by atoms with E-state index in [1.807, 2.05) is 0 Å². The number of nitrogens with zero attached hydrogens (tertiary/aromatic N) is 2. The van der Waals surface area contributed by atoms with Gasteiger partial charge in [0.15, 0.2) is 6.04 Å². The molecule has 0 amide bonds. The average molecular weight is 354 g/mol. The molecule has 23 heavy (non-hydrogen) atoms. The van der Waals surface area contributed by atoms with Crippen LogP contribution >= 0.6 is 12.6 Å². The van der Waals surface area contributed by atoms with E-state index < -0.39 is 22.5 Å². The summed E-state index contributed by atoms with van der Waals surface area (Å²) >= 11 is 3.58. The molecule has 1 unspecified atom stereocenters. The van der Waals surface area contributed by atoms with Crippen molar-refractivity contribution in [3.63, 3.8) is 0 Å². The van der Waals surface area contributed by atoms with Crippen molar-refractivity contribution < 1.29 is 18.3 Å². The number of anilines is 1. The smallest absolute Gasteiger partial charge is 0.330 e. The molecule has 0 saturated carbocycles. The van der Waals surface area contributed by atoms with Crippen LogP contribution < -0.4 is 4.90 Å². The van der Waals surface area contributed by atoms with Crippen molar-refractivity contribution in [2.75, 3.05) is 24.7 Å². The van der Waals surface area contributed by atoms with Crippen molar-refractivity contribution in [2.24, 2.45) is 4.36 Å². The van der Waals surface area contributed by atoms with E-state index in [1.165, 1.54) is 16.5 Å². The molecule has 0 radical (unpaired) electrons. The minimum atomic E-state index is -2.67. The maximum atomic E-state index is 10.1. The van der Waals surface area contributed by atoms with Crippen LogP contribution in [0.3, 0.4) is 0 Å². The molecular weight excluding hydrogens is 336 g/mol. The quantitative estimate of drug-likeness (QED) is 0.823. The molecular formula is C15H18N2O4S2. The lowest BCUT2D eigenvalue weighted by molar-refractivity contribution is -0.137. The van der Waals surface area contributed by atoms with Crippen LogP contribution in [0, 0.1) is 0 Å². The van der Waals surface area contributed by atoms with Crippen LogP contribution in [-0.4, -0.2) is 45.4 Å². The Morgan fingerprint density at radius 2 is 1.83 bits per heavy atom. The van der Waals surface area contributed by atoms with Gasteiger partial charge in [-0.1, -0.05) is 36.4 Å². The van der Waals surface area contributed by atoms with Gasteiger partial charge in [-0.05, 0) is 11.5 Å². The lowest BCUT2D eigenvalue weighted by Gasteiger charge is -2.14. The van der Waals surface area contributed by atoms with Gasteiger partial charge in [0.25, 0.3) is 0 Å². The molecule has 1 atom stereocenters. The third kappa shape index (κ3) is 5.91. The van der Waals surface area contributed by atoms with E-state index in [0.717, 1.165) is 0 Å². The molecule has 0 aliphatic rings. The summed E-state index contributed by atoms with van der Waals surface area (Å²) in [5.41, 5.74) is 1.28. The molecule has 0 fully saturated rings. The van der Waals surface area contributed by atoms with Crippen LogP contribution in [0.2, 0.25) is 0 Å². The summed E-state index contributed by atoms with van der Waals surface area (Å²) in [6.45, 7) is 0. The van der Waals surface area contributed by atoms with Gasteiger partial charge in [0.2, 0.25) is 0 Å². The number of fused-ring (bicyclic) bond motifs is 1. The molecule has 0 bridgehead atoms. The van der Waals surface area contributed by atoms with Gasteiger partial charge in [0.1, 0.15) is 0 Å². The Kier molecular flexibility index (Phi) is 7.56. The van der Waals surface area contributed by atoms with E-state index in [2.05, 4.69) is 78.5 Å². The van der Waals surface area contributed by atoms with Crippen molar-refractivity contribution in [3.05, 3.63) is 42.5 Å². The van der Waals surface area contributed by atoms with Gasteiger partial charge in [-0.25, -0.2) is 4.79 Å². The second kappa shape index (κ2) is 9.16. The monoisotopic (exact) mass is 354 g/mol. The van der Waals surface area contributed by atoms with Crippen LogP contribution in [0.15, 0.2) is 46.8 Å². The zero-order valence-corrected chi connectivity index (χ0v) is 14.5. The fraction of sp³-hybridized carbons (Fsp3) is 0.267. The van der Waals surface area contributed by atoms with Gasteiger partial charge in [0.05, 0.1) is 0 Å². The van der Waals surface area contributed by atoms with Gasteiger partial charge in [0, 0.05) is 30.9 Å². The molecule has 6 nitrogen and oxygen atoms in total. The summed E-state index contributed by atoms with van der Waals surface area (Å²) in [6.07, 6.45) is 0. The SMILES string of the molecule is CN(C)c1cccc2ccccc12.O=C(O)C(CS)N=S(=O)=O. The number of hydrogen-bond acceptors (Lipinski definition) is 6. The molecule has 2 aromatic carbocycles. The number of carbonyl (C=O) groups is 1. The van der Waals surface area contributed by atoms with E-state index in [0.29, 0.717) is 0 Å². The molecule has 0 aliphatic carbocycles. The maximum Gasteiger partial charge on any atom is 0.330 e. The molecule has 0 spiro atoms. The van der Waals surface area contributed by atoms with E-state index in [1.54, 1.807) is 0 Å². The Bertz CT molecular complexity index is 791. The molecule has 2 rings (SSSR count). The molecule has 0 aromatic heterocycles. The summed E-state index contributed by atoms with van der Waals surface area (Å²) < 4.78 is 22.5. The number of carboxylic acids is 1. The van der Waals surface area contributed by atoms with E-state index in [9.17, 15) is 13.2 Å². The zero-order valence-electron chi connectivity index (χ0n) is 12.7. The van der Waals surface area contributed by atoms with E-state index in [4.69, 9.17) is 5.11 Å². The van der Waals surface area contributed by atoms with Crippen molar-refractivity contribution in [3.8, 4) is 0 Å². The lowest BCUT2D eigenvalue weighted by Crippen LogP contribution is -2.18. The van der Waals surface area contributed by atoms with Crippen molar-refractivity contribution in [2.45, 2.75) is 6.04 Å². The normalized spacial score (nSPS) is 11.1. The molecule has 0 saturated heterocycles. The Morgan fingerprint density at radius 3 is 2.30 bits per heavy atom. The van der Waals surface area contributed by atoms with E-state index in [-0.39, 0.29) is 5.75 Å². The molecule has 2 aromatic rings. The summed E-state index contributed by atoms with van der Waals surface area (Å²) in [6, 6.07) is 13.6. The van der Waals surface area contributed by atoms with Crippen LogP contribution in [0.4, 0.5) is 5.69 Å². The minimum Gasteiger partial charge on any atom is -0.480 e. The highest BCUT2D eigenvalue weighted by Crippen LogP contribution is 2.24. The summed E-state index contributed by atoms with van der Waals surface area (Å²) in [5, 5.41) is 10.8. The molecule has 124 valence electrons. The topological polar surface area (TPSA) is 87.0 Å². The predicted octanol–water partition coefficient (Wildman–Crippen LogP) is 2.34. The van der Waals surface area contributed by atoms with Crippen molar-refractivity contribution in [1.29, 1.82) is 0 Å².